The van der Waals surface area contributed by atoms with Crippen LogP contribution in [-0.2, 0) is 11.2 Å². The van der Waals surface area contributed by atoms with Crippen molar-refractivity contribution in [3.05, 3.63) is 28.2 Å². The van der Waals surface area contributed by atoms with E-state index in [1.807, 2.05) is 12.1 Å². The lowest BCUT2D eigenvalue weighted by Crippen LogP contribution is -2.46. The molecule has 2 aliphatic heterocycles. The second-order valence-electron chi connectivity index (χ2n) is 5.61. The van der Waals surface area contributed by atoms with Gasteiger partial charge in [-0.15, -0.1) is 0 Å². The van der Waals surface area contributed by atoms with Crippen LogP contribution < -0.4 is 10.1 Å². The number of rotatable bonds is 4. The third kappa shape index (κ3) is 3.52. The Labute approximate surface area is 128 Å². The Balaban J connectivity index is 1.42. The van der Waals surface area contributed by atoms with Crippen LogP contribution in [0.1, 0.15) is 5.56 Å². The van der Waals surface area contributed by atoms with E-state index in [1.54, 1.807) is 0 Å². The lowest BCUT2D eigenvalue weighted by Gasteiger charge is -2.30. The molecule has 0 bridgehead atoms. The predicted molar refractivity (Wildman–Crippen MR) is 82.4 cm³/mol. The number of hydrogen-bond acceptors (Lipinski definition) is 4. The van der Waals surface area contributed by atoms with E-state index in [1.165, 1.54) is 5.56 Å². The van der Waals surface area contributed by atoms with E-state index in [4.69, 9.17) is 9.47 Å². The largest absolute Gasteiger partial charge is 0.488 e. The smallest absolute Gasteiger partial charge is 0.123 e. The average molecular weight is 341 g/mol. The summed E-state index contributed by atoms with van der Waals surface area (Å²) in [4.78, 5) is 2.31. The van der Waals surface area contributed by atoms with Gasteiger partial charge in [0, 0.05) is 37.1 Å². The van der Waals surface area contributed by atoms with Gasteiger partial charge in [0.1, 0.15) is 11.9 Å². The van der Waals surface area contributed by atoms with Crippen LogP contribution in [0, 0.1) is 0 Å². The molecule has 2 unspecified atom stereocenters. The molecule has 3 rings (SSSR count). The van der Waals surface area contributed by atoms with Crippen molar-refractivity contribution in [1.29, 1.82) is 0 Å². The van der Waals surface area contributed by atoms with Gasteiger partial charge in [0.05, 0.1) is 12.7 Å². The molecule has 1 aromatic rings. The monoisotopic (exact) mass is 340 g/mol. The SMILES string of the molecule is CN1CCOC(CNCC2Cc3cc(Br)ccc3O2)C1. The number of nitrogens with one attached hydrogen (secondary N) is 1. The first-order valence-electron chi connectivity index (χ1n) is 7.16. The van der Waals surface area contributed by atoms with Crippen molar-refractivity contribution >= 4 is 15.9 Å². The maximum atomic E-state index is 5.94. The van der Waals surface area contributed by atoms with E-state index < -0.39 is 0 Å². The van der Waals surface area contributed by atoms with Gasteiger partial charge >= 0.3 is 0 Å². The van der Waals surface area contributed by atoms with Crippen molar-refractivity contribution in [1.82, 2.24) is 10.2 Å². The molecule has 1 N–H and O–H groups in total. The van der Waals surface area contributed by atoms with E-state index in [0.717, 1.165) is 49.4 Å². The highest BCUT2D eigenvalue weighted by molar-refractivity contribution is 9.10. The second-order valence-corrected chi connectivity index (χ2v) is 6.52. The summed E-state index contributed by atoms with van der Waals surface area (Å²) >= 11 is 3.50. The molecule has 1 saturated heterocycles. The summed E-state index contributed by atoms with van der Waals surface area (Å²) in [5.74, 6) is 1.02. The molecule has 0 saturated carbocycles. The van der Waals surface area contributed by atoms with E-state index in [9.17, 15) is 0 Å². The maximum absolute atomic E-state index is 5.94. The topological polar surface area (TPSA) is 33.7 Å². The fraction of sp³-hybridized carbons (Fsp3) is 0.600. The lowest BCUT2D eigenvalue weighted by atomic mass is 10.1. The Morgan fingerprint density at radius 1 is 1.35 bits per heavy atom. The van der Waals surface area contributed by atoms with Crippen LogP contribution in [-0.4, -0.2) is 56.9 Å². The number of hydrogen-bond donors (Lipinski definition) is 1. The lowest BCUT2D eigenvalue weighted by molar-refractivity contribution is -0.0187. The first kappa shape index (κ1) is 14.3. The highest BCUT2D eigenvalue weighted by Gasteiger charge is 2.23. The van der Waals surface area contributed by atoms with Gasteiger partial charge in [-0.3, -0.25) is 0 Å². The van der Waals surface area contributed by atoms with Gasteiger partial charge in [0.25, 0.3) is 0 Å². The summed E-state index contributed by atoms with van der Waals surface area (Å²) < 4.78 is 12.8. The molecule has 1 fully saturated rings. The van der Waals surface area contributed by atoms with Gasteiger partial charge in [-0.25, -0.2) is 0 Å². The van der Waals surface area contributed by atoms with Crippen molar-refractivity contribution in [3.63, 3.8) is 0 Å². The van der Waals surface area contributed by atoms with Crippen LogP contribution in [0.15, 0.2) is 22.7 Å². The minimum Gasteiger partial charge on any atom is -0.488 e. The quantitative estimate of drug-likeness (QED) is 0.904. The zero-order valence-electron chi connectivity index (χ0n) is 11.8. The minimum absolute atomic E-state index is 0.237. The van der Waals surface area contributed by atoms with Gasteiger partial charge in [-0.05, 0) is 30.8 Å². The molecule has 110 valence electrons. The summed E-state index contributed by atoms with van der Waals surface area (Å²) in [5.41, 5.74) is 1.29. The maximum Gasteiger partial charge on any atom is 0.123 e. The summed E-state index contributed by atoms with van der Waals surface area (Å²) in [7, 11) is 2.14. The van der Waals surface area contributed by atoms with Crippen molar-refractivity contribution in [2.24, 2.45) is 0 Å². The van der Waals surface area contributed by atoms with E-state index in [-0.39, 0.29) is 6.10 Å². The number of ether oxygens (including phenoxy) is 2. The average Bonchev–Trinajstić information content (AvgIpc) is 2.80. The summed E-state index contributed by atoms with van der Waals surface area (Å²) in [6.45, 7) is 4.64. The molecule has 0 aliphatic carbocycles. The molecule has 0 radical (unpaired) electrons. The van der Waals surface area contributed by atoms with Crippen LogP contribution in [0.25, 0.3) is 0 Å². The fourth-order valence-electron chi connectivity index (χ4n) is 2.80. The Kier molecular flexibility index (Phi) is 4.61. The normalized spacial score (nSPS) is 26.3. The fourth-order valence-corrected chi connectivity index (χ4v) is 3.21. The van der Waals surface area contributed by atoms with Crippen LogP contribution in [0.2, 0.25) is 0 Å². The molecule has 1 aromatic carbocycles. The molecule has 2 atom stereocenters. The number of fused-ring (bicyclic) bond motifs is 1. The molecule has 2 heterocycles. The van der Waals surface area contributed by atoms with Crippen LogP contribution in [0.5, 0.6) is 5.75 Å². The van der Waals surface area contributed by atoms with Gasteiger partial charge in [0.15, 0.2) is 0 Å². The zero-order valence-corrected chi connectivity index (χ0v) is 13.4. The second kappa shape index (κ2) is 6.43. The highest BCUT2D eigenvalue weighted by atomic mass is 79.9. The van der Waals surface area contributed by atoms with Crippen LogP contribution in [0.4, 0.5) is 0 Å². The number of morpholine rings is 1. The molecule has 20 heavy (non-hydrogen) atoms. The van der Waals surface area contributed by atoms with Crippen molar-refractivity contribution in [2.75, 3.05) is 39.8 Å². The van der Waals surface area contributed by atoms with Crippen LogP contribution >= 0.6 is 15.9 Å². The summed E-state index contributed by atoms with van der Waals surface area (Å²) in [5, 5.41) is 3.48. The van der Waals surface area contributed by atoms with Gasteiger partial charge in [-0.1, -0.05) is 15.9 Å². The Bertz CT molecular complexity index is 469. The Hall–Kier alpha value is -0.620. The molecule has 0 aromatic heterocycles. The molecule has 2 aliphatic rings. The third-order valence-electron chi connectivity index (χ3n) is 3.85. The van der Waals surface area contributed by atoms with Gasteiger partial charge < -0.3 is 19.7 Å². The number of nitrogens with zero attached hydrogens (tertiary/aromatic N) is 1. The Morgan fingerprint density at radius 2 is 2.20 bits per heavy atom. The first-order chi connectivity index (χ1) is 9.70. The summed E-state index contributed by atoms with van der Waals surface area (Å²) in [6, 6.07) is 6.22. The molecule has 0 amide bonds. The Morgan fingerprint density at radius 3 is 3.05 bits per heavy atom. The minimum atomic E-state index is 0.237. The predicted octanol–water partition coefficient (Wildman–Crippen LogP) is 1.67. The van der Waals surface area contributed by atoms with E-state index >= 15 is 0 Å². The van der Waals surface area contributed by atoms with Gasteiger partial charge in [-0.2, -0.15) is 0 Å². The van der Waals surface area contributed by atoms with Crippen molar-refractivity contribution in [2.45, 2.75) is 18.6 Å². The number of benzene rings is 1. The van der Waals surface area contributed by atoms with Crippen molar-refractivity contribution in [3.8, 4) is 5.75 Å². The third-order valence-corrected chi connectivity index (χ3v) is 4.34. The van der Waals surface area contributed by atoms with Crippen molar-refractivity contribution < 1.29 is 9.47 Å². The first-order valence-corrected chi connectivity index (χ1v) is 7.96. The molecule has 4 nitrogen and oxygen atoms in total. The van der Waals surface area contributed by atoms with Crippen LogP contribution in [0.3, 0.4) is 0 Å². The highest BCUT2D eigenvalue weighted by Crippen LogP contribution is 2.30. The standard InChI is InChI=1S/C15H21BrN2O2/c1-18-4-5-19-14(10-18)9-17-8-13-7-11-6-12(16)2-3-15(11)20-13/h2-3,6,13-14,17H,4-5,7-10H2,1H3. The summed E-state index contributed by atoms with van der Waals surface area (Å²) in [6.07, 6.45) is 1.51. The molecule has 0 spiro atoms. The number of halogens is 1. The van der Waals surface area contributed by atoms with Gasteiger partial charge in [0.2, 0.25) is 0 Å². The number of likely N-dealkylation sites (N-methyl/N-ethyl adjacent to an activating group) is 1. The molecular formula is C15H21BrN2O2. The van der Waals surface area contributed by atoms with E-state index in [2.05, 4.69) is 39.3 Å². The zero-order chi connectivity index (χ0) is 13.9. The van der Waals surface area contributed by atoms with E-state index in [0.29, 0.717) is 6.10 Å². The molecule has 5 heteroatoms. The molecular weight excluding hydrogens is 320 g/mol.